The zero-order chi connectivity index (χ0) is 28.4. The summed E-state index contributed by atoms with van der Waals surface area (Å²) in [4.78, 5) is 71.9. The monoisotopic (exact) mass is 531 g/mol. The second kappa shape index (κ2) is 18.9. The molecule has 13 N–H and O–H groups in total. The molecule has 4 atom stereocenters. The summed E-state index contributed by atoms with van der Waals surface area (Å²) in [5.41, 5.74) is 21.9. The normalized spacial score (nSPS) is 14.0. The minimum Gasteiger partial charge on any atom is -0.481 e. The summed E-state index contributed by atoms with van der Waals surface area (Å²) in [5.74, 6) is -5.76. The van der Waals surface area contributed by atoms with E-state index in [0.29, 0.717) is 45.2 Å². The minimum atomic E-state index is -1.49. The fourth-order valence-electron chi connectivity index (χ4n) is 3.31. The molecule has 4 unspecified atom stereocenters. The number of primary amides is 1. The van der Waals surface area contributed by atoms with Crippen LogP contribution in [-0.4, -0.2) is 83.0 Å². The van der Waals surface area contributed by atoms with Crippen LogP contribution in [0.15, 0.2) is 0 Å². The Morgan fingerprint density at radius 3 is 1.57 bits per heavy atom. The van der Waals surface area contributed by atoms with E-state index in [2.05, 4.69) is 16.0 Å². The predicted octanol–water partition coefficient (Wildman–Crippen LogP) is -2.76. The Labute approximate surface area is 215 Å². The van der Waals surface area contributed by atoms with Gasteiger partial charge >= 0.3 is 11.9 Å². The molecule has 0 saturated heterocycles. The van der Waals surface area contributed by atoms with E-state index in [1.807, 2.05) is 0 Å². The molecule has 15 nitrogen and oxygen atoms in total. The molecule has 0 heterocycles. The highest BCUT2D eigenvalue weighted by Gasteiger charge is 2.30. The summed E-state index contributed by atoms with van der Waals surface area (Å²) in [6.07, 6.45) is 1.39. The number of carbonyl (C=O) groups is 6. The van der Waals surface area contributed by atoms with Crippen LogP contribution in [0.25, 0.3) is 0 Å². The largest absolute Gasteiger partial charge is 0.481 e. The third-order valence-corrected chi connectivity index (χ3v) is 5.46. The van der Waals surface area contributed by atoms with E-state index < -0.39 is 66.2 Å². The molecular weight excluding hydrogens is 490 g/mol. The Morgan fingerprint density at radius 2 is 1.08 bits per heavy atom. The van der Waals surface area contributed by atoms with E-state index in [1.165, 1.54) is 0 Å². The van der Waals surface area contributed by atoms with E-state index in [4.69, 9.17) is 28.0 Å². The van der Waals surface area contributed by atoms with Gasteiger partial charge in [0.05, 0.1) is 6.04 Å². The second-order valence-corrected chi connectivity index (χ2v) is 8.63. The zero-order valence-corrected chi connectivity index (χ0v) is 20.9. The lowest BCUT2D eigenvalue weighted by Crippen LogP contribution is -2.57. The van der Waals surface area contributed by atoms with Crippen LogP contribution in [0.1, 0.15) is 64.2 Å². The molecule has 0 rings (SSSR count). The lowest BCUT2D eigenvalue weighted by atomic mass is 10.0. The van der Waals surface area contributed by atoms with Crippen molar-refractivity contribution in [1.29, 1.82) is 0 Å². The topological polar surface area (TPSA) is 283 Å². The molecule has 0 bridgehead atoms. The highest BCUT2D eigenvalue weighted by Crippen LogP contribution is 2.07. The van der Waals surface area contributed by atoms with Crippen molar-refractivity contribution in [2.24, 2.45) is 22.9 Å². The van der Waals surface area contributed by atoms with Crippen molar-refractivity contribution < 1.29 is 39.0 Å². The van der Waals surface area contributed by atoms with E-state index in [-0.39, 0.29) is 25.7 Å². The number of carbonyl (C=O) groups excluding carboxylic acids is 4. The van der Waals surface area contributed by atoms with Crippen molar-refractivity contribution in [3.63, 3.8) is 0 Å². The maximum absolute atomic E-state index is 13.0. The zero-order valence-electron chi connectivity index (χ0n) is 20.9. The van der Waals surface area contributed by atoms with Gasteiger partial charge in [-0.25, -0.2) is 4.79 Å². The maximum Gasteiger partial charge on any atom is 0.326 e. The summed E-state index contributed by atoms with van der Waals surface area (Å²) < 4.78 is 0. The van der Waals surface area contributed by atoms with Gasteiger partial charge in [0, 0.05) is 12.8 Å². The molecular formula is C22H41N7O8. The molecule has 0 aliphatic rings. The Balaban J connectivity index is 5.53. The summed E-state index contributed by atoms with van der Waals surface area (Å²) >= 11 is 0. The molecule has 37 heavy (non-hydrogen) atoms. The van der Waals surface area contributed by atoms with Crippen LogP contribution in [0.3, 0.4) is 0 Å². The summed E-state index contributed by atoms with van der Waals surface area (Å²) in [7, 11) is 0. The summed E-state index contributed by atoms with van der Waals surface area (Å²) in [5, 5.41) is 25.5. The maximum atomic E-state index is 13.0. The molecule has 0 radical (unpaired) electrons. The van der Waals surface area contributed by atoms with Gasteiger partial charge in [-0.1, -0.05) is 6.42 Å². The van der Waals surface area contributed by atoms with Crippen LogP contribution in [0.5, 0.6) is 0 Å². The van der Waals surface area contributed by atoms with E-state index in [1.54, 1.807) is 0 Å². The van der Waals surface area contributed by atoms with Gasteiger partial charge < -0.3 is 49.1 Å². The lowest BCUT2D eigenvalue weighted by molar-refractivity contribution is -0.143. The first-order valence-corrected chi connectivity index (χ1v) is 12.2. The fourth-order valence-corrected chi connectivity index (χ4v) is 3.31. The number of nitrogens with one attached hydrogen (secondary N) is 3. The van der Waals surface area contributed by atoms with Crippen LogP contribution >= 0.6 is 0 Å². The average Bonchev–Trinajstić information content (AvgIpc) is 2.82. The third-order valence-electron chi connectivity index (χ3n) is 5.46. The Kier molecular flexibility index (Phi) is 17.2. The second-order valence-electron chi connectivity index (χ2n) is 8.63. The number of unbranched alkanes of at least 4 members (excludes halogenated alkanes) is 2. The Bertz CT molecular complexity index is 780. The van der Waals surface area contributed by atoms with Crippen molar-refractivity contribution >= 4 is 35.6 Å². The number of carboxylic acids is 2. The van der Waals surface area contributed by atoms with E-state index in [9.17, 15) is 33.9 Å². The smallest absolute Gasteiger partial charge is 0.326 e. The van der Waals surface area contributed by atoms with Gasteiger partial charge in [0.1, 0.15) is 18.1 Å². The van der Waals surface area contributed by atoms with E-state index in [0.717, 1.165) is 0 Å². The van der Waals surface area contributed by atoms with Crippen LogP contribution in [0.2, 0.25) is 0 Å². The van der Waals surface area contributed by atoms with Crippen molar-refractivity contribution in [3.8, 4) is 0 Å². The van der Waals surface area contributed by atoms with Crippen LogP contribution < -0.4 is 38.9 Å². The van der Waals surface area contributed by atoms with Crippen LogP contribution in [0, 0.1) is 0 Å². The molecule has 0 aliphatic carbocycles. The van der Waals surface area contributed by atoms with Crippen molar-refractivity contribution in [3.05, 3.63) is 0 Å². The van der Waals surface area contributed by atoms with Crippen molar-refractivity contribution in [2.75, 3.05) is 13.1 Å². The molecule has 212 valence electrons. The first-order valence-electron chi connectivity index (χ1n) is 12.2. The van der Waals surface area contributed by atoms with Gasteiger partial charge in [0.25, 0.3) is 0 Å². The average molecular weight is 532 g/mol. The first kappa shape index (κ1) is 33.7. The number of hydrogen-bond donors (Lipinski definition) is 9. The Hall–Kier alpha value is -3.30. The number of nitrogens with two attached hydrogens (primary N) is 4. The van der Waals surface area contributed by atoms with Crippen molar-refractivity contribution in [2.45, 2.75) is 88.4 Å². The minimum absolute atomic E-state index is 0.175. The standard InChI is InChI=1S/C22H41N7O8/c23-11-3-1-5-13(25)19(33)27-14(6-2-4-12-24)20(34)28-15(8-10-18(31)32)21(35)29-16(22(36)37)7-9-17(26)30/h13-16H,1-12,23-25H2,(H2,26,30)(H,27,33)(H,28,34)(H,29,35)(H,31,32)(H,36,37). The number of hydrogen-bond acceptors (Lipinski definition) is 9. The number of carboxylic acid groups (broad SMARTS) is 2. The highest BCUT2D eigenvalue weighted by molar-refractivity contribution is 5.94. The number of rotatable bonds is 21. The molecule has 4 amide bonds. The van der Waals surface area contributed by atoms with Gasteiger partial charge in [-0.2, -0.15) is 0 Å². The SMILES string of the molecule is NCCCCC(N)C(=O)NC(CCCCN)C(=O)NC(CCC(=O)O)C(=O)NC(CCC(N)=O)C(=O)O. The Morgan fingerprint density at radius 1 is 0.622 bits per heavy atom. The van der Waals surface area contributed by atoms with Crippen molar-refractivity contribution in [1.82, 2.24) is 16.0 Å². The van der Waals surface area contributed by atoms with E-state index >= 15 is 0 Å². The number of amides is 4. The molecule has 0 saturated carbocycles. The van der Waals surface area contributed by atoms with Crippen LogP contribution in [-0.2, 0) is 28.8 Å². The van der Waals surface area contributed by atoms with Gasteiger partial charge in [0.15, 0.2) is 0 Å². The first-order chi connectivity index (χ1) is 17.4. The molecule has 0 aromatic carbocycles. The lowest BCUT2D eigenvalue weighted by Gasteiger charge is -2.25. The fraction of sp³-hybridized carbons (Fsp3) is 0.727. The number of aliphatic carboxylic acids is 2. The highest BCUT2D eigenvalue weighted by atomic mass is 16.4. The molecule has 0 aromatic heterocycles. The van der Waals surface area contributed by atoms with Crippen LogP contribution in [0.4, 0.5) is 0 Å². The molecule has 0 fully saturated rings. The molecule has 15 heteroatoms. The molecule has 0 aromatic rings. The summed E-state index contributed by atoms with van der Waals surface area (Å²) in [6.45, 7) is 0.802. The van der Waals surface area contributed by atoms with Gasteiger partial charge in [0.2, 0.25) is 23.6 Å². The van der Waals surface area contributed by atoms with Gasteiger partial charge in [-0.3, -0.25) is 24.0 Å². The van der Waals surface area contributed by atoms with Gasteiger partial charge in [-0.05, 0) is 58.0 Å². The van der Waals surface area contributed by atoms with Gasteiger partial charge in [-0.15, -0.1) is 0 Å². The molecule has 0 spiro atoms. The summed E-state index contributed by atoms with van der Waals surface area (Å²) in [6, 6.07) is -4.89. The molecule has 0 aliphatic heterocycles. The predicted molar refractivity (Wildman–Crippen MR) is 133 cm³/mol. The third kappa shape index (κ3) is 15.4. The quantitative estimate of drug-likeness (QED) is 0.0683.